The smallest absolute Gasteiger partial charge is 0.355 e. The van der Waals surface area contributed by atoms with E-state index in [1.807, 2.05) is 0 Å². The van der Waals surface area contributed by atoms with Crippen LogP contribution in [-0.2, 0) is 9.53 Å². The number of rotatable bonds is 4. The number of hydrogen-bond acceptors (Lipinski definition) is 8. The van der Waals surface area contributed by atoms with E-state index in [0.717, 1.165) is 4.47 Å². The van der Waals surface area contributed by atoms with Gasteiger partial charge in [-0.3, -0.25) is 4.79 Å². The molecule has 9 nitrogen and oxygen atoms in total. The number of aromatic nitrogens is 4. The predicted octanol–water partition coefficient (Wildman–Crippen LogP) is 2.35. The molecule has 10 heteroatoms. The molecule has 1 aliphatic heterocycles. The summed E-state index contributed by atoms with van der Waals surface area (Å²) >= 11 is 3.34. The van der Waals surface area contributed by atoms with Gasteiger partial charge in [0.1, 0.15) is 17.5 Å². The van der Waals surface area contributed by atoms with Gasteiger partial charge in [-0.05, 0) is 46.8 Å². The van der Waals surface area contributed by atoms with Crippen LogP contribution in [0.4, 0.5) is 5.95 Å². The number of furan rings is 1. The van der Waals surface area contributed by atoms with E-state index in [0.29, 0.717) is 11.3 Å². The number of esters is 1. The minimum atomic E-state index is -0.823. The zero-order chi connectivity index (χ0) is 19.0. The molecule has 1 aliphatic rings. The molecule has 0 fully saturated rings. The number of Topliss-reactive ketones (excluding diaryl/α,β-unsaturated/α-hetero) is 1. The number of halogens is 1. The Morgan fingerprint density at radius 3 is 2.70 bits per heavy atom. The van der Waals surface area contributed by atoms with Crippen molar-refractivity contribution in [3.8, 4) is 0 Å². The van der Waals surface area contributed by atoms with Gasteiger partial charge in [-0.15, -0.1) is 0 Å². The first-order valence-electron chi connectivity index (χ1n) is 7.81. The number of tetrazole rings is 1. The average Bonchev–Trinajstić information content (AvgIpc) is 3.37. The molecule has 136 valence electrons. The highest BCUT2D eigenvalue weighted by molar-refractivity contribution is 9.10. The fourth-order valence-electron chi connectivity index (χ4n) is 2.86. The van der Waals surface area contributed by atoms with E-state index >= 15 is 0 Å². The summed E-state index contributed by atoms with van der Waals surface area (Å²) < 4.78 is 12.6. The molecule has 3 heterocycles. The van der Waals surface area contributed by atoms with Crippen molar-refractivity contribution in [3.63, 3.8) is 0 Å². The van der Waals surface area contributed by atoms with E-state index < -0.39 is 12.0 Å². The normalized spacial score (nSPS) is 15.9. The summed E-state index contributed by atoms with van der Waals surface area (Å²) in [6, 6.07) is 9.34. The first kappa shape index (κ1) is 17.2. The fraction of sp³-hybridized carbons (Fsp3) is 0.118. The van der Waals surface area contributed by atoms with Crippen LogP contribution in [0.2, 0.25) is 0 Å². The first-order chi connectivity index (χ1) is 13.1. The Hall–Kier alpha value is -3.27. The van der Waals surface area contributed by atoms with Gasteiger partial charge in [-0.25, -0.2) is 4.79 Å². The number of carbonyl (C=O) groups is 2. The third kappa shape index (κ3) is 2.93. The number of methoxy groups -OCH3 is 1. The van der Waals surface area contributed by atoms with Crippen LogP contribution in [0.15, 0.2) is 62.8 Å². The van der Waals surface area contributed by atoms with Crippen molar-refractivity contribution in [2.24, 2.45) is 0 Å². The van der Waals surface area contributed by atoms with E-state index in [1.165, 1.54) is 18.1 Å². The Labute approximate surface area is 161 Å². The number of nitrogens with zero attached hydrogens (tertiary/aromatic N) is 4. The summed E-state index contributed by atoms with van der Waals surface area (Å²) in [7, 11) is 1.23. The molecule has 0 saturated carbocycles. The number of ketones is 1. The molecule has 0 saturated heterocycles. The number of fused-ring (bicyclic) bond motifs is 1. The summed E-state index contributed by atoms with van der Waals surface area (Å²) in [5, 5.41) is 14.2. The Balaban J connectivity index is 1.93. The number of carbonyl (C=O) groups excluding carboxylic acids is 2. The molecule has 1 aromatic carbocycles. The highest BCUT2D eigenvalue weighted by atomic mass is 79.9. The molecule has 0 unspecified atom stereocenters. The molecule has 0 aliphatic carbocycles. The molecule has 0 radical (unpaired) electrons. The summed E-state index contributed by atoms with van der Waals surface area (Å²) in [6.07, 6.45) is 1.47. The van der Waals surface area contributed by atoms with Crippen LogP contribution in [0.25, 0.3) is 0 Å². The van der Waals surface area contributed by atoms with Gasteiger partial charge in [-0.2, -0.15) is 4.68 Å². The Morgan fingerprint density at radius 1 is 1.26 bits per heavy atom. The number of hydrogen-bond donors (Lipinski definition) is 1. The van der Waals surface area contributed by atoms with Gasteiger partial charge >= 0.3 is 5.97 Å². The van der Waals surface area contributed by atoms with Gasteiger partial charge in [0.15, 0.2) is 5.78 Å². The maximum absolute atomic E-state index is 13.3. The summed E-state index contributed by atoms with van der Waals surface area (Å²) in [6.45, 7) is 0. The van der Waals surface area contributed by atoms with Gasteiger partial charge < -0.3 is 14.5 Å². The first-order valence-corrected chi connectivity index (χ1v) is 8.60. The van der Waals surface area contributed by atoms with Crippen molar-refractivity contribution in [1.82, 2.24) is 20.2 Å². The van der Waals surface area contributed by atoms with Crippen molar-refractivity contribution in [2.75, 3.05) is 12.4 Å². The van der Waals surface area contributed by atoms with Crippen LogP contribution in [0.1, 0.15) is 22.2 Å². The molecule has 1 atom stereocenters. The second-order valence-electron chi connectivity index (χ2n) is 5.61. The lowest BCUT2D eigenvalue weighted by atomic mass is 9.92. The van der Waals surface area contributed by atoms with E-state index in [4.69, 9.17) is 9.15 Å². The number of anilines is 1. The third-order valence-electron chi connectivity index (χ3n) is 4.07. The fourth-order valence-corrected chi connectivity index (χ4v) is 3.12. The number of benzene rings is 1. The zero-order valence-corrected chi connectivity index (χ0v) is 15.5. The van der Waals surface area contributed by atoms with E-state index in [9.17, 15) is 9.59 Å². The monoisotopic (exact) mass is 429 g/mol. The summed E-state index contributed by atoms with van der Waals surface area (Å²) in [5.41, 5.74) is 0.484. The van der Waals surface area contributed by atoms with E-state index in [1.54, 1.807) is 36.4 Å². The Morgan fingerprint density at radius 2 is 2.04 bits per heavy atom. The maximum atomic E-state index is 13.3. The quantitative estimate of drug-likeness (QED) is 0.496. The molecule has 4 rings (SSSR count). The van der Waals surface area contributed by atoms with Crippen LogP contribution >= 0.6 is 15.9 Å². The Bertz CT molecular complexity index is 1040. The van der Waals surface area contributed by atoms with Crippen LogP contribution in [0.3, 0.4) is 0 Å². The van der Waals surface area contributed by atoms with Crippen LogP contribution < -0.4 is 5.32 Å². The molecule has 3 aromatic rings. The van der Waals surface area contributed by atoms with Crippen molar-refractivity contribution in [1.29, 1.82) is 0 Å². The third-order valence-corrected chi connectivity index (χ3v) is 4.60. The number of allylic oxidation sites excluding steroid dienone is 1. The van der Waals surface area contributed by atoms with E-state index in [2.05, 4.69) is 36.8 Å². The van der Waals surface area contributed by atoms with Crippen molar-refractivity contribution in [3.05, 3.63) is 69.7 Å². The molecular weight excluding hydrogens is 418 g/mol. The van der Waals surface area contributed by atoms with Gasteiger partial charge in [0, 0.05) is 10.0 Å². The predicted molar refractivity (Wildman–Crippen MR) is 95.8 cm³/mol. The van der Waals surface area contributed by atoms with Gasteiger partial charge in [-0.1, -0.05) is 21.0 Å². The maximum Gasteiger partial charge on any atom is 0.355 e. The highest BCUT2D eigenvalue weighted by Crippen LogP contribution is 2.36. The molecular formula is C17H12BrN5O4. The number of nitrogens with one attached hydrogen (secondary N) is 1. The lowest BCUT2D eigenvalue weighted by molar-refractivity contribution is -0.136. The standard InChI is InChI=1S/C17H12BrN5O4/c1-26-16(25)13-12(15(24)9-4-6-10(18)7-5-9)14(11-3-2-8-27-11)23-17(19-13)20-21-22-23/h2-8,14H,1H3,(H,19,20,22)/t14-/m0/s1. The van der Waals surface area contributed by atoms with Crippen molar-refractivity contribution in [2.45, 2.75) is 6.04 Å². The molecule has 27 heavy (non-hydrogen) atoms. The second-order valence-corrected chi connectivity index (χ2v) is 6.52. The molecule has 1 N–H and O–H groups in total. The Kier molecular flexibility index (Phi) is 4.32. The molecule has 2 aromatic heterocycles. The lowest BCUT2D eigenvalue weighted by Crippen LogP contribution is -2.32. The van der Waals surface area contributed by atoms with Crippen LogP contribution in [-0.4, -0.2) is 39.1 Å². The van der Waals surface area contributed by atoms with Gasteiger partial charge in [0.05, 0.1) is 18.9 Å². The lowest BCUT2D eigenvalue weighted by Gasteiger charge is -2.26. The summed E-state index contributed by atoms with van der Waals surface area (Å²) in [4.78, 5) is 25.7. The SMILES string of the molecule is COC(=O)C1=C(C(=O)c2ccc(Br)cc2)[C@H](c2ccco2)n2nnnc2N1. The van der Waals surface area contributed by atoms with Crippen molar-refractivity contribution >= 4 is 33.6 Å². The van der Waals surface area contributed by atoms with Crippen LogP contribution in [0.5, 0.6) is 0 Å². The van der Waals surface area contributed by atoms with Crippen LogP contribution in [0, 0.1) is 0 Å². The minimum Gasteiger partial charge on any atom is -0.467 e. The zero-order valence-electron chi connectivity index (χ0n) is 13.9. The second kappa shape index (κ2) is 6.80. The van der Waals surface area contributed by atoms with Crippen molar-refractivity contribution < 1.29 is 18.7 Å². The largest absolute Gasteiger partial charge is 0.467 e. The summed E-state index contributed by atoms with van der Waals surface area (Å²) in [5.74, 6) is -0.477. The van der Waals surface area contributed by atoms with Gasteiger partial charge in [0.2, 0.25) is 5.95 Å². The van der Waals surface area contributed by atoms with Gasteiger partial charge in [0.25, 0.3) is 0 Å². The number of ether oxygens (including phenoxy) is 1. The highest BCUT2D eigenvalue weighted by Gasteiger charge is 2.39. The average molecular weight is 430 g/mol. The minimum absolute atomic E-state index is 0.0332. The molecule has 0 spiro atoms. The topological polar surface area (TPSA) is 112 Å². The van der Waals surface area contributed by atoms with E-state index in [-0.39, 0.29) is 23.0 Å². The molecule has 0 bridgehead atoms. The molecule has 0 amide bonds.